The van der Waals surface area contributed by atoms with Crippen LogP contribution < -0.4 is 4.72 Å². The number of aliphatic hydroxyl groups excluding tert-OH is 1. The van der Waals surface area contributed by atoms with Crippen molar-refractivity contribution < 1.29 is 13.5 Å². The average Bonchev–Trinajstić information content (AvgIpc) is 3.04. The molecule has 1 aliphatic heterocycles. The van der Waals surface area contributed by atoms with Crippen molar-refractivity contribution in [2.75, 3.05) is 13.1 Å². The fraction of sp³-hybridized carbons (Fsp3) is 0.625. The minimum Gasteiger partial charge on any atom is -0.390 e. The maximum Gasteiger partial charge on any atom is 0.240 e. The van der Waals surface area contributed by atoms with Crippen LogP contribution in [0.5, 0.6) is 0 Å². The molecular formula is C16H24N2O3S. The van der Waals surface area contributed by atoms with E-state index in [-0.39, 0.29) is 10.9 Å². The maximum absolute atomic E-state index is 12.4. The highest BCUT2D eigenvalue weighted by Gasteiger charge is 2.38. The molecular weight excluding hydrogens is 300 g/mol. The van der Waals surface area contributed by atoms with Crippen LogP contribution in [0.15, 0.2) is 35.2 Å². The molecule has 2 aliphatic rings. The summed E-state index contributed by atoms with van der Waals surface area (Å²) in [6.07, 6.45) is 4.29. The van der Waals surface area contributed by atoms with E-state index in [1.165, 1.54) is 12.8 Å². The monoisotopic (exact) mass is 324 g/mol. The van der Waals surface area contributed by atoms with Gasteiger partial charge in [0.1, 0.15) is 0 Å². The molecule has 22 heavy (non-hydrogen) atoms. The molecule has 5 nitrogen and oxygen atoms in total. The highest BCUT2D eigenvalue weighted by atomic mass is 32.2. The highest BCUT2D eigenvalue weighted by molar-refractivity contribution is 7.89. The summed E-state index contributed by atoms with van der Waals surface area (Å²) in [4.78, 5) is 2.57. The van der Waals surface area contributed by atoms with Crippen LogP contribution in [0.3, 0.4) is 0 Å². The molecule has 0 radical (unpaired) electrons. The first kappa shape index (κ1) is 15.9. The van der Waals surface area contributed by atoms with Gasteiger partial charge in [0.2, 0.25) is 10.0 Å². The summed E-state index contributed by atoms with van der Waals surface area (Å²) in [5, 5.41) is 10.6. The molecule has 1 saturated carbocycles. The number of likely N-dealkylation sites (tertiary alicyclic amines) is 1. The molecule has 3 atom stereocenters. The Kier molecular flexibility index (Phi) is 4.82. The topological polar surface area (TPSA) is 69.6 Å². The SMILES string of the molecule is O=S(=O)(N[C@@H]1CCC[C@@H](N2CCCC2)[C@@H]1O)c1ccccc1. The summed E-state index contributed by atoms with van der Waals surface area (Å²) >= 11 is 0. The molecule has 122 valence electrons. The number of rotatable bonds is 4. The Morgan fingerprint density at radius 3 is 2.41 bits per heavy atom. The maximum atomic E-state index is 12.4. The molecule has 2 N–H and O–H groups in total. The average molecular weight is 324 g/mol. The zero-order valence-electron chi connectivity index (χ0n) is 12.7. The molecule has 3 rings (SSSR count). The number of nitrogens with zero attached hydrogens (tertiary/aromatic N) is 1. The summed E-state index contributed by atoms with van der Waals surface area (Å²) in [5.41, 5.74) is 0. The predicted octanol–water partition coefficient (Wildman–Crippen LogP) is 1.34. The van der Waals surface area contributed by atoms with Crippen molar-refractivity contribution in [2.24, 2.45) is 0 Å². The Balaban J connectivity index is 1.71. The summed E-state index contributed by atoms with van der Waals surface area (Å²) in [7, 11) is -3.57. The third-order valence-corrected chi connectivity index (χ3v) is 6.30. The minimum atomic E-state index is -3.57. The molecule has 1 aliphatic carbocycles. The zero-order chi connectivity index (χ0) is 15.6. The molecule has 0 amide bonds. The van der Waals surface area contributed by atoms with Gasteiger partial charge in [-0.1, -0.05) is 24.6 Å². The minimum absolute atomic E-state index is 0.0831. The van der Waals surface area contributed by atoms with Crippen LogP contribution in [0.25, 0.3) is 0 Å². The molecule has 1 aromatic carbocycles. The fourth-order valence-electron chi connectivity index (χ4n) is 3.62. The van der Waals surface area contributed by atoms with Crippen molar-refractivity contribution in [3.8, 4) is 0 Å². The summed E-state index contributed by atoms with van der Waals surface area (Å²) in [6.45, 7) is 2.03. The second-order valence-electron chi connectivity index (χ2n) is 6.27. The van der Waals surface area contributed by atoms with E-state index in [9.17, 15) is 13.5 Å². The van der Waals surface area contributed by atoms with E-state index in [0.717, 1.165) is 25.9 Å². The summed E-state index contributed by atoms with van der Waals surface area (Å²) in [5.74, 6) is 0. The number of aliphatic hydroxyl groups is 1. The van der Waals surface area contributed by atoms with Crippen molar-refractivity contribution in [1.29, 1.82) is 0 Å². The first-order valence-electron chi connectivity index (χ1n) is 8.07. The number of nitrogens with one attached hydrogen (secondary N) is 1. The van der Waals surface area contributed by atoms with Crippen LogP contribution in [-0.4, -0.2) is 49.7 Å². The van der Waals surface area contributed by atoms with E-state index in [0.29, 0.717) is 6.42 Å². The quantitative estimate of drug-likeness (QED) is 0.877. The van der Waals surface area contributed by atoms with Gasteiger partial charge in [0, 0.05) is 12.1 Å². The molecule has 0 unspecified atom stereocenters. The Morgan fingerprint density at radius 2 is 1.73 bits per heavy atom. The second kappa shape index (κ2) is 6.66. The van der Waals surface area contributed by atoms with Crippen LogP contribution >= 0.6 is 0 Å². The van der Waals surface area contributed by atoms with Crippen molar-refractivity contribution >= 4 is 10.0 Å². The van der Waals surface area contributed by atoms with Gasteiger partial charge < -0.3 is 5.11 Å². The number of hydrogen-bond acceptors (Lipinski definition) is 4. The van der Waals surface area contributed by atoms with E-state index >= 15 is 0 Å². The van der Waals surface area contributed by atoms with Crippen LogP contribution in [-0.2, 0) is 10.0 Å². The van der Waals surface area contributed by atoms with Gasteiger partial charge in [-0.05, 0) is 50.9 Å². The Bertz CT molecular complexity index is 585. The molecule has 0 spiro atoms. The van der Waals surface area contributed by atoms with Crippen molar-refractivity contribution in [3.63, 3.8) is 0 Å². The molecule has 1 aromatic rings. The Labute approximate surface area is 132 Å². The molecule has 6 heteroatoms. The summed E-state index contributed by atoms with van der Waals surface area (Å²) in [6, 6.07) is 8.05. The lowest BCUT2D eigenvalue weighted by molar-refractivity contribution is 0.0127. The largest absolute Gasteiger partial charge is 0.390 e. The molecule has 0 aromatic heterocycles. The van der Waals surface area contributed by atoms with Gasteiger partial charge >= 0.3 is 0 Å². The summed E-state index contributed by atoms with van der Waals surface area (Å²) < 4.78 is 27.6. The standard InChI is InChI=1S/C16H24N2O3S/c19-16-14(9-6-10-15(16)18-11-4-5-12-18)17-22(20,21)13-7-2-1-3-8-13/h1-3,7-8,14-17,19H,4-6,9-12H2/t14-,15-,16-/m1/s1. The smallest absolute Gasteiger partial charge is 0.240 e. The fourth-order valence-corrected chi connectivity index (χ4v) is 4.93. The highest BCUT2D eigenvalue weighted by Crippen LogP contribution is 2.27. The molecule has 1 saturated heterocycles. The van der Waals surface area contributed by atoms with E-state index in [2.05, 4.69) is 9.62 Å². The van der Waals surface area contributed by atoms with Gasteiger partial charge in [-0.15, -0.1) is 0 Å². The van der Waals surface area contributed by atoms with Crippen LogP contribution in [0.1, 0.15) is 32.1 Å². The predicted molar refractivity (Wildman–Crippen MR) is 85.0 cm³/mol. The molecule has 0 bridgehead atoms. The van der Waals surface area contributed by atoms with E-state index < -0.39 is 22.2 Å². The lowest BCUT2D eigenvalue weighted by Crippen LogP contribution is -2.56. The van der Waals surface area contributed by atoms with Crippen LogP contribution in [0.4, 0.5) is 0 Å². The third-order valence-electron chi connectivity index (χ3n) is 4.79. The molecule has 1 heterocycles. The first-order chi connectivity index (χ1) is 10.6. The lowest BCUT2D eigenvalue weighted by atomic mass is 9.88. The Morgan fingerprint density at radius 1 is 1.05 bits per heavy atom. The van der Waals surface area contributed by atoms with Crippen LogP contribution in [0, 0.1) is 0 Å². The number of sulfonamides is 1. The third kappa shape index (κ3) is 3.35. The first-order valence-corrected chi connectivity index (χ1v) is 9.56. The number of benzene rings is 1. The van der Waals surface area contributed by atoms with Gasteiger partial charge in [-0.3, -0.25) is 4.90 Å². The zero-order valence-corrected chi connectivity index (χ0v) is 13.5. The van der Waals surface area contributed by atoms with Gasteiger partial charge in [0.25, 0.3) is 0 Å². The van der Waals surface area contributed by atoms with Crippen molar-refractivity contribution in [2.45, 2.75) is 55.2 Å². The number of hydrogen-bond donors (Lipinski definition) is 2. The lowest BCUT2D eigenvalue weighted by Gasteiger charge is -2.39. The second-order valence-corrected chi connectivity index (χ2v) is 7.99. The van der Waals surface area contributed by atoms with E-state index in [1.807, 2.05) is 0 Å². The van der Waals surface area contributed by atoms with Gasteiger partial charge in [0.15, 0.2) is 0 Å². The van der Waals surface area contributed by atoms with Crippen molar-refractivity contribution in [3.05, 3.63) is 30.3 Å². The Hall–Kier alpha value is -0.950. The normalized spacial score (nSPS) is 30.5. The van der Waals surface area contributed by atoms with Crippen molar-refractivity contribution in [1.82, 2.24) is 9.62 Å². The molecule has 2 fully saturated rings. The van der Waals surface area contributed by atoms with E-state index in [4.69, 9.17) is 0 Å². The van der Waals surface area contributed by atoms with E-state index in [1.54, 1.807) is 30.3 Å². The van der Waals surface area contributed by atoms with Gasteiger partial charge in [0.05, 0.1) is 11.0 Å². The van der Waals surface area contributed by atoms with Crippen LogP contribution in [0.2, 0.25) is 0 Å². The van der Waals surface area contributed by atoms with Gasteiger partial charge in [-0.25, -0.2) is 13.1 Å². The van der Waals surface area contributed by atoms with Gasteiger partial charge in [-0.2, -0.15) is 0 Å².